The lowest BCUT2D eigenvalue weighted by molar-refractivity contribution is 0.0688. The Hall–Kier alpha value is -3.66. The molecule has 1 aromatic rings. The Morgan fingerprint density at radius 3 is 2.86 bits per heavy atom. The Morgan fingerprint density at radius 1 is 1.23 bits per heavy atom. The van der Waals surface area contributed by atoms with E-state index in [1.165, 1.54) is 7.11 Å². The van der Waals surface area contributed by atoms with Gasteiger partial charge in [0, 0.05) is 26.4 Å². The van der Waals surface area contributed by atoms with Crippen LogP contribution < -0.4 is 15.4 Å². The van der Waals surface area contributed by atoms with Gasteiger partial charge in [0.25, 0.3) is 5.91 Å². The number of hydrogen-bond acceptors (Lipinski definition) is 8. The van der Waals surface area contributed by atoms with E-state index in [0.29, 0.717) is 37.4 Å². The van der Waals surface area contributed by atoms with E-state index < -0.39 is 12.3 Å². The quantitative estimate of drug-likeness (QED) is 0.301. The first kappa shape index (κ1) is 26.0. The number of amides is 2. The first-order chi connectivity index (χ1) is 17.0. The fraction of sp³-hybridized carbons (Fsp3) is 0.440. The second kappa shape index (κ2) is 13.3. The molecule has 1 unspecified atom stereocenters. The molecule has 3 rings (SSSR count). The van der Waals surface area contributed by atoms with E-state index in [2.05, 4.69) is 27.8 Å². The highest BCUT2D eigenvalue weighted by atomic mass is 16.6. The molecule has 0 fully saturated rings. The van der Waals surface area contributed by atoms with Crippen LogP contribution in [0.5, 0.6) is 5.75 Å². The molecule has 0 bridgehead atoms. The van der Waals surface area contributed by atoms with Crippen LogP contribution in [0.1, 0.15) is 41.3 Å². The minimum atomic E-state index is -0.429. The molecule has 2 amide bonds. The highest BCUT2D eigenvalue weighted by Crippen LogP contribution is 2.28. The summed E-state index contributed by atoms with van der Waals surface area (Å²) >= 11 is 0. The zero-order valence-corrected chi connectivity index (χ0v) is 20.5. The maximum atomic E-state index is 13.1. The van der Waals surface area contributed by atoms with Gasteiger partial charge in [-0.25, -0.2) is 4.79 Å². The van der Waals surface area contributed by atoms with E-state index in [0.717, 1.165) is 29.7 Å². The molecule has 1 aromatic carbocycles. The Morgan fingerprint density at radius 2 is 2.09 bits per heavy atom. The van der Waals surface area contributed by atoms with E-state index in [-0.39, 0.29) is 12.5 Å². The number of carbonyl (C=O) groups excluding carboxylic acids is 2. The fourth-order valence-electron chi connectivity index (χ4n) is 3.65. The summed E-state index contributed by atoms with van der Waals surface area (Å²) in [5.41, 5.74) is 3.05. The lowest BCUT2D eigenvalue weighted by Gasteiger charge is -2.29. The number of unbranched alkanes of at least 4 members (excludes halogenated alkanes) is 1. The molecule has 10 nitrogen and oxygen atoms in total. The molecule has 0 aliphatic carbocycles. The number of dihydropyridines is 1. The number of ether oxygens (including phenoxy) is 3. The van der Waals surface area contributed by atoms with Gasteiger partial charge in [0.2, 0.25) is 0 Å². The van der Waals surface area contributed by atoms with Gasteiger partial charge in [0.1, 0.15) is 18.5 Å². The number of nitrogens with one attached hydrogen (secondary N) is 2. The number of nitrogens with zero attached hydrogens (tertiary/aromatic N) is 3. The van der Waals surface area contributed by atoms with Crippen LogP contribution in [-0.2, 0) is 22.4 Å². The Kier molecular flexibility index (Phi) is 9.85. The molecule has 2 aliphatic heterocycles. The van der Waals surface area contributed by atoms with Crippen LogP contribution in [0, 0.1) is 0 Å². The monoisotopic (exact) mass is 483 g/mol. The lowest BCUT2D eigenvalue weighted by Crippen LogP contribution is -2.45. The van der Waals surface area contributed by atoms with E-state index >= 15 is 0 Å². The molecule has 0 saturated heterocycles. The van der Waals surface area contributed by atoms with E-state index in [1.54, 1.807) is 30.5 Å². The average molecular weight is 484 g/mol. The number of carbonyl (C=O) groups is 2. The van der Waals surface area contributed by atoms with Crippen LogP contribution >= 0.6 is 0 Å². The largest absolute Gasteiger partial charge is 0.496 e. The molecule has 2 heterocycles. The number of allylic oxidation sites excluding steroid dienone is 3. The van der Waals surface area contributed by atoms with Crippen molar-refractivity contribution in [3.8, 4) is 5.75 Å². The topological polar surface area (TPSA) is 114 Å². The molecule has 35 heavy (non-hydrogen) atoms. The van der Waals surface area contributed by atoms with Crippen LogP contribution in [0.4, 0.5) is 4.79 Å². The number of hydrogen-bond donors (Lipinski definition) is 2. The number of fused-ring (bicyclic) bond motifs is 1. The molecule has 0 radical (unpaired) electrons. The molecule has 0 aromatic heterocycles. The van der Waals surface area contributed by atoms with Crippen LogP contribution in [0.15, 0.2) is 46.3 Å². The Bertz CT molecular complexity index is 1020. The fourth-order valence-corrected chi connectivity index (χ4v) is 3.65. The van der Waals surface area contributed by atoms with Crippen molar-refractivity contribution in [2.75, 3.05) is 34.0 Å². The predicted octanol–water partition coefficient (Wildman–Crippen LogP) is 2.79. The zero-order chi connectivity index (χ0) is 25.0. The van der Waals surface area contributed by atoms with Crippen molar-refractivity contribution in [2.24, 2.45) is 10.2 Å². The summed E-state index contributed by atoms with van der Waals surface area (Å²) in [6.45, 7) is 3.50. The van der Waals surface area contributed by atoms with Gasteiger partial charge < -0.3 is 29.7 Å². The number of benzene rings is 1. The molecule has 2 aliphatic rings. The summed E-state index contributed by atoms with van der Waals surface area (Å²) in [5.74, 6) is 0.186. The summed E-state index contributed by atoms with van der Waals surface area (Å²) in [6.07, 6.45) is 10.6. The summed E-state index contributed by atoms with van der Waals surface area (Å²) in [6, 6.07) is 3.65. The van der Waals surface area contributed by atoms with Crippen molar-refractivity contribution in [3.05, 3.63) is 52.7 Å². The smallest absolute Gasteiger partial charge is 0.410 e. The van der Waals surface area contributed by atoms with Crippen LogP contribution in [-0.4, -0.2) is 69.5 Å². The summed E-state index contributed by atoms with van der Waals surface area (Å²) in [7, 11) is 3.09. The van der Waals surface area contributed by atoms with E-state index in [9.17, 15) is 9.59 Å². The van der Waals surface area contributed by atoms with Crippen molar-refractivity contribution in [2.45, 2.75) is 38.9 Å². The molecular weight excluding hydrogens is 450 g/mol. The lowest BCUT2D eigenvalue weighted by atomic mass is 9.96. The SMILES string of the molecule is CCC/C=N/N=C/C1=CC=CC(NC(=O)c2cc3c(cc2OC)CCN(C(=O)OCCOC)C3)N1. The minimum absolute atomic E-state index is 0.198. The molecule has 2 N–H and O–H groups in total. The van der Waals surface area contributed by atoms with Gasteiger partial charge >= 0.3 is 6.09 Å². The van der Waals surface area contributed by atoms with Crippen LogP contribution in [0.3, 0.4) is 0 Å². The average Bonchev–Trinajstić information content (AvgIpc) is 2.87. The Labute approximate surface area is 205 Å². The van der Waals surface area contributed by atoms with Gasteiger partial charge in [-0.05, 0) is 48.3 Å². The molecule has 188 valence electrons. The van der Waals surface area contributed by atoms with E-state index in [1.807, 2.05) is 24.3 Å². The maximum absolute atomic E-state index is 13.1. The molecule has 0 spiro atoms. The Balaban J connectivity index is 1.66. The van der Waals surface area contributed by atoms with Gasteiger partial charge in [-0.2, -0.15) is 10.2 Å². The van der Waals surface area contributed by atoms with E-state index in [4.69, 9.17) is 14.2 Å². The third-order valence-electron chi connectivity index (χ3n) is 5.50. The van der Waals surface area contributed by atoms with Crippen molar-refractivity contribution in [3.63, 3.8) is 0 Å². The van der Waals surface area contributed by atoms with Crippen molar-refractivity contribution in [1.82, 2.24) is 15.5 Å². The summed E-state index contributed by atoms with van der Waals surface area (Å²) in [4.78, 5) is 27.1. The molecular formula is C25H33N5O5. The molecule has 0 saturated carbocycles. The second-order valence-electron chi connectivity index (χ2n) is 8.03. The van der Waals surface area contributed by atoms with Crippen LogP contribution in [0.25, 0.3) is 0 Å². The third kappa shape index (κ3) is 7.41. The second-order valence-corrected chi connectivity index (χ2v) is 8.03. The molecule has 10 heteroatoms. The maximum Gasteiger partial charge on any atom is 0.410 e. The van der Waals surface area contributed by atoms with Gasteiger partial charge in [-0.1, -0.05) is 19.4 Å². The third-order valence-corrected chi connectivity index (χ3v) is 5.50. The van der Waals surface area contributed by atoms with Gasteiger partial charge in [0.15, 0.2) is 0 Å². The van der Waals surface area contributed by atoms with Gasteiger partial charge in [-0.15, -0.1) is 0 Å². The summed E-state index contributed by atoms with van der Waals surface area (Å²) in [5, 5.41) is 14.1. The number of rotatable bonds is 10. The predicted molar refractivity (Wildman–Crippen MR) is 134 cm³/mol. The van der Waals surface area contributed by atoms with Crippen LogP contribution in [0.2, 0.25) is 0 Å². The standard InChI is InChI=1S/C25H33N5O5/c1-4-5-10-26-27-16-20-7-6-8-23(28-20)29-24(31)21-14-19-17-30(25(32)35-13-12-33-2)11-9-18(19)15-22(21)34-3/h6-8,10,14-16,23,28H,4-5,9,11-13,17H2,1-3H3,(H,29,31)/b26-10+,27-16+. The van der Waals surface area contributed by atoms with Gasteiger partial charge in [0.05, 0.1) is 31.2 Å². The van der Waals surface area contributed by atoms with Crippen molar-refractivity contribution >= 4 is 24.4 Å². The highest BCUT2D eigenvalue weighted by Gasteiger charge is 2.25. The van der Waals surface area contributed by atoms with Gasteiger partial charge in [-0.3, -0.25) is 4.79 Å². The molecule has 1 atom stereocenters. The van der Waals surface area contributed by atoms with Crippen molar-refractivity contribution in [1.29, 1.82) is 0 Å². The normalized spacial score (nSPS) is 17.2. The minimum Gasteiger partial charge on any atom is -0.496 e. The highest BCUT2D eigenvalue weighted by molar-refractivity contribution is 5.97. The van der Waals surface area contributed by atoms with Crippen molar-refractivity contribution < 1.29 is 23.8 Å². The summed E-state index contributed by atoms with van der Waals surface area (Å²) < 4.78 is 15.7. The number of methoxy groups -OCH3 is 2. The first-order valence-electron chi connectivity index (χ1n) is 11.7. The first-order valence-corrected chi connectivity index (χ1v) is 11.7. The zero-order valence-electron chi connectivity index (χ0n) is 20.5.